The third kappa shape index (κ3) is 3.32. The Labute approximate surface area is 170 Å². The summed E-state index contributed by atoms with van der Waals surface area (Å²) in [7, 11) is 0. The quantitative estimate of drug-likeness (QED) is 0.555. The Balaban J connectivity index is 1.49. The third-order valence-corrected chi connectivity index (χ3v) is 5.17. The number of halogens is 2. The van der Waals surface area contributed by atoms with Gasteiger partial charge in [-0.1, -0.05) is 11.6 Å². The van der Waals surface area contributed by atoms with Crippen LogP contribution in [0.4, 0.5) is 10.3 Å². The van der Waals surface area contributed by atoms with Gasteiger partial charge in [-0.25, -0.2) is 19.3 Å². The molecule has 2 atom stereocenters. The largest absolute Gasteiger partial charge is 0.367 e. The summed E-state index contributed by atoms with van der Waals surface area (Å²) in [4.78, 5) is 15.5. The van der Waals surface area contributed by atoms with Gasteiger partial charge < -0.3 is 9.64 Å². The lowest BCUT2D eigenvalue weighted by Gasteiger charge is -2.36. The normalized spacial score (nSPS) is 19.8. The molecular weight excluding hydrogens is 397 g/mol. The van der Waals surface area contributed by atoms with E-state index in [1.165, 1.54) is 12.3 Å². The lowest BCUT2D eigenvalue weighted by molar-refractivity contribution is -0.0178. The highest BCUT2D eigenvalue weighted by atomic mass is 35.5. The van der Waals surface area contributed by atoms with E-state index >= 15 is 0 Å². The summed E-state index contributed by atoms with van der Waals surface area (Å²) in [5.41, 5.74) is 2.82. The highest BCUT2D eigenvalue weighted by Gasteiger charge is 2.28. The number of morpholine rings is 1. The minimum absolute atomic E-state index is 0.00786. The first-order chi connectivity index (χ1) is 14.1. The van der Waals surface area contributed by atoms with Gasteiger partial charge in [0, 0.05) is 36.8 Å². The van der Waals surface area contributed by atoms with Crippen molar-refractivity contribution in [2.24, 2.45) is 0 Å². The van der Waals surface area contributed by atoms with Crippen molar-refractivity contribution in [3.63, 3.8) is 0 Å². The molecule has 148 valence electrons. The summed E-state index contributed by atoms with van der Waals surface area (Å²) < 4.78 is 21.5. The van der Waals surface area contributed by atoms with Gasteiger partial charge in [0.1, 0.15) is 17.6 Å². The molecule has 1 aliphatic rings. The Morgan fingerprint density at radius 3 is 3.00 bits per heavy atom. The molecule has 5 heterocycles. The van der Waals surface area contributed by atoms with Gasteiger partial charge in [0.25, 0.3) is 0 Å². The molecule has 4 aromatic heterocycles. The maximum atomic E-state index is 13.7. The minimum atomic E-state index is -0.507. The molecule has 0 amide bonds. The van der Waals surface area contributed by atoms with Crippen LogP contribution in [0.5, 0.6) is 0 Å². The van der Waals surface area contributed by atoms with Gasteiger partial charge in [-0.3, -0.25) is 9.50 Å². The number of nitrogens with one attached hydrogen (secondary N) is 1. The first kappa shape index (κ1) is 18.0. The summed E-state index contributed by atoms with van der Waals surface area (Å²) in [6.45, 7) is 3.30. The SMILES string of the molecule is C[C@H]1CN(c2nccc(-c3cnc4cc(F)c(Cl)cn34)n2)C[C@H](c2cn[nH]c2)O1. The zero-order chi connectivity index (χ0) is 20.0. The molecule has 4 aromatic rings. The standard InChI is InChI=1S/C19H17ClFN7O/c1-11-8-27(10-17(29-11)12-5-24-25-6-12)19-22-3-2-15(26-19)16-7-23-18-4-14(21)13(20)9-28(16)18/h2-7,9,11,17H,8,10H2,1H3,(H,24,25)/t11-,17+/m0/s1. The predicted octanol–water partition coefficient (Wildman–Crippen LogP) is 3.27. The van der Waals surface area contributed by atoms with Crippen LogP contribution in [0.3, 0.4) is 0 Å². The second kappa shape index (κ2) is 7.09. The maximum Gasteiger partial charge on any atom is 0.226 e. The zero-order valence-electron chi connectivity index (χ0n) is 15.5. The van der Waals surface area contributed by atoms with E-state index in [-0.39, 0.29) is 17.2 Å². The fourth-order valence-electron chi connectivity index (χ4n) is 3.54. The fourth-order valence-corrected chi connectivity index (χ4v) is 3.70. The van der Waals surface area contributed by atoms with E-state index in [0.29, 0.717) is 36.1 Å². The topological polar surface area (TPSA) is 84.2 Å². The van der Waals surface area contributed by atoms with E-state index in [4.69, 9.17) is 21.3 Å². The minimum Gasteiger partial charge on any atom is -0.367 e. The first-order valence-corrected chi connectivity index (χ1v) is 9.51. The van der Waals surface area contributed by atoms with Crippen LogP contribution < -0.4 is 4.90 Å². The third-order valence-electron chi connectivity index (χ3n) is 4.89. The van der Waals surface area contributed by atoms with Crippen LogP contribution in [0.25, 0.3) is 17.0 Å². The lowest BCUT2D eigenvalue weighted by Crippen LogP contribution is -2.43. The number of hydrogen-bond donors (Lipinski definition) is 1. The van der Waals surface area contributed by atoms with Crippen molar-refractivity contribution in [2.45, 2.75) is 19.1 Å². The molecule has 29 heavy (non-hydrogen) atoms. The number of anilines is 1. The van der Waals surface area contributed by atoms with Crippen molar-refractivity contribution in [1.82, 2.24) is 29.5 Å². The Hall–Kier alpha value is -3.04. The summed E-state index contributed by atoms with van der Waals surface area (Å²) in [6, 6.07) is 3.09. The molecule has 0 radical (unpaired) electrons. The molecule has 0 aromatic carbocycles. The zero-order valence-corrected chi connectivity index (χ0v) is 16.2. The molecule has 1 fully saturated rings. The average Bonchev–Trinajstić information content (AvgIpc) is 3.38. The van der Waals surface area contributed by atoms with E-state index in [0.717, 1.165) is 5.56 Å². The second-order valence-electron chi connectivity index (χ2n) is 6.95. The summed E-state index contributed by atoms with van der Waals surface area (Å²) >= 11 is 5.95. The van der Waals surface area contributed by atoms with Crippen molar-refractivity contribution in [3.05, 3.63) is 59.5 Å². The molecule has 0 saturated carbocycles. The number of aromatic amines is 1. The number of aromatic nitrogens is 6. The van der Waals surface area contributed by atoms with Crippen molar-refractivity contribution in [1.29, 1.82) is 0 Å². The molecule has 1 N–H and O–H groups in total. The number of H-pyrrole nitrogens is 1. The van der Waals surface area contributed by atoms with Gasteiger partial charge in [-0.05, 0) is 13.0 Å². The molecule has 0 bridgehead atoms. The first-order valence-electron chi connectivity index (χ1n) is 9.13. The lowest BCUT2D eigenvalue weighted by atomic mass is 10.1. The Morgan fingerprint density at radius 1 is 1.28 bits per heavy atom. The number of pyridine rings is 1. The van der Waals surface area contributed by atoms with Gasteiger partial charge in [0.15, 0.2) is 0 Å². The molecule has 8 nitrogen and oxygen atoms in total. The summed E-state index contributed by atoms with van der Waals surface area (Å²) in [6.07, 6.45) is 8.33. The molecular formula is C19H17ClFN7O. The van der Waals surface area contributed by atoms with Gasteiger partial charge in [-0.2, -0.15) is 5.10 Å². The van der Waals surface area contributed by atoms with Crippen LogP contribution >= 0.6 is 11.6 Å². The van der Waals surface area contributed by atoms with Crippen LogP contribution in [0.15, 0.2) is 43.1 Å². The number of rotatable bonds is 3. The van der Waals surface area contributed by atoms with Crippen LogP contribution in [0.1, 0.15) is 18.6 Å². The van der Waals surface area contributed by atoms with Crippen LogP contribution in [-0.4, -0.2) is 48.7 Å². The van der Waals surface area contributed by atoms with Crippen molar-refractivity contribution in [3.8, 4) is 11.4 Å². The van der Waals surface area contributed by atoms with Crippen molar-refractivity contribution >= 4 is 23.2 Å². The number of ether oxygens (including phenoxy) is 1. The second-order valence-corrected chi connectivity index (χ2v) is 7.36. The molecule has 0 spiro atoms. The highest BCUT2D eigenvalue weighted by Crippen LogP contribution is 2.28. The van der Waals surface area contributed by atoms with E-state index in [1.54, 1.807) is 29.1 Å². The molecule has 0 unspecified atom stereocenters. The Kier molecular flexibility index (Phi) is 4.40. The molecule has 1 saturated heterocycles. The summed E-state index contributed by atoms with van der Waals surface area (Å²) in [5, 5.41) is 6.86. The van der Waals surface area contributed by atoms with Gasteiger partial charge in [-0.15, -0.1) is 0 Å². The van der Waals surface area contributed by atoms with Gasteiger partial charge >= 0.3 is 0 Å². The van der Waals surface area contributed by atoms with Crippen LogP contribution in [-0.2, 0) is 4.74 Å². The molecule has 5 rings (SSSR count). The fraction of sp³-hybridized carbons (Fsp3) is 0.263. The molecule has 10 heteroatoms. The average molecular weight is 414 g/mol. The monoisotopic (exact) mass is 413 g/mol. The van der Waals surface area contributed by atoms with E-state index in [2.05, 4.69) is 25.1 Å². The highest BCUT2D eigenvalue weighted by molar-refractivity contribution is 6.30. The van der Waals surface area contributed by atoms with Crippen molar-refractivity contribution < 1.29 is 9.13 Å². The molecule has 1 aliphatic heterocycles. The Bertz CT molecular complexity index is 1160. The van der Waals surface area contributed by atoms with Crippen LogP contribution in [0, 0.1) is 5.82 Å². The summed E-state index contributed by atoms with van der Waals surface area (Å²) in [5.74, 6) is 0.0848. The van der Waals surface area contributed by atoms with E-state index < -0.39 is 5.82 Å². The van der Waals surface area contributed by atoms with Crippen LogP contribution in [0.2, 0.25) is 5.02 Å². The Morgan fingerprint density at radius 2 is 2.17 bits per heavy atom. The maximum absolute atomic E-state index is 13.7. The van der Waals surface area contributed by atoms with Gasteiger partial charge in [0.05, 0.1) is 41.5 Å². The van der Waals surface area contributed by atoms with Crippen molar-refractivity contribution in [2.75, 3.05) is 18.0 Å². The van der Waals surface area contributed by atoms with Gasteiger partial charge in [0.2, 0.25) is 5.95 Å². The van der Waals surface area contributed by atoms with E-state index in [9.17, 15) is 4.39 Å². The number of imidazole rings is 1. The smallest absolute Gasteiger partial charge is 0.226 e. The number of nitrogens with zero attached hydrogens (tertiary/aromatic N) is 6. The number of fused-ring (bicyclic) bond motifs is 1. The van der Waals surface area contributed by atoms with E-state index in [1.807, 2.05) is 13.1 Å². The molecule has 0 aliphatic carbocycles. The number of hydrogen-bond acceptors (Lipinski definition) is 6. The predicted molar refractivity (Wildman–Crippen MR) is 105 cm³/mol.